The van der Waals surface area contributed by atoms with E-state index in [0.29, 0.717) is 46.5 Å². The van der Waals surface area contributed by atoms with Crippen LogP contribution in [0.1, 0.15) is 22.6 Å². The number of ether oxygens (including phenoxy) is 2. The summed E-state index contributed by atoms with van der Waals surface area (Å²) in [4.78, 5) is 46.1. The Balaban J connectivity index is 1.57. The molecule has 2 spiro atoms. The zero-order chi connectivity index (χ0) is 30.8. The number of carbonyl (C=O) groups excluding carboxylic acids is 2. The van der Waals surface area contributed by atoms with Crippen molar-refractivity contribution in [3.05, 3.63) is 99.1 Å². The van der Waals surface area contributed by atoms with Crippen LogP contribution in [0.2, 0.25) is 0 Å². The number of hydrogen-bond acceptors (Lipinski definition) is 9. The number of nitrogens with one attached hydrogen (secondary N) is 1. The molecule has 0 bridgehead atoms. The van der Waals surface area contributed by atoms with Crippen molar-refractivity contribution >= 4 is 40.9 Å². The monoisotopic (exact) mass is 612 g/mol. The van der Waals surface area contributed by atoms with Crippen LogP contribution < -0.4 is 14.8 Å². The van der Waals surface area contributed by atoms with Crippen LogP contribution in [0.5, 0.6) is 11.5 Å². The van der Waals surface area contributed by atoms with Gasteiger partial charge in [-0.25, -0.2) is 0 Å². The lowest BCUT2D eigenvalue weighted by Crippen LogP contribution is -2.65. The van der Waals surface area contributed by atoms with E-state index in [1.165, 1.54) is 12.1 Å². The lowest BCUT2D eigenvalue weighted by molar-refractivity contribution is -0.385. The summed E-state index contributed by atoms with van der Waals surface area (Å²) in [5.74, 6) is 1.52. The molecule has 3 saturated heterocycles. The first-order valence-electron chi connectivity index (χ1n) is 14.4. The molecule has 3 aromatic carbocycles. The highest BCUT2D eigenvalue weighted by Gasteiger charge is 2.79. The van der Waals surface area contributed by atoms with Crippen molar-refractivity contribution in [2.24, 2.45) is 5.41 Å². The maximum Gasteiger partial charge on any atom is 0.269 e. The average Bonchev–Trinajstić information content (AvgIpc) is 3.67. The first-order chi connectivity index (χ1) is 21.3. The lowest BCUT2D eigenvalue weighted by Gasteiger charge is -2.51. The van der Waals surface area contributed by atoms with Crippen LogP contribution in [0.4, 0.5) is 11.4 Å². The predicted octanol–water partition coefficient (Wildman–Crippen LogP) is 4.52. The molecule has 7 rings (SSSR count). The molecule has 4 heterocycles. The van der Waals surface area contributed by atoms with Gasteiger partial charge in [-0.15, -0.1) is 11.8 Å². The van der Waals surface area contributed by atoms with Crippen LogP contribution in [0.15, 0.2) is 72.3 Å². The van der Waals surface area contributed by atoms with Gasteiger partial charge in [-0.3, -0.25) is 24.6 Å². The van der Waals surface area contributed by atoms with Crippen LogP contribution in [0, 0.1) is 15.5 Å². The molecular formula is C33H32N4O6S. The number of Topliss-reactive ketones (excluding diaryl/α,β-unsaturated/α-hetero) is 1. The van der Waals surface area contributed by atoms with Crippen LogP contribution in [0.3, 0.4) is 0 Å². The maximum atomic E-state index is 15.5. The Hall–Kier alpha value is -4.19. The molecule has 3 aromatic rings. The van der Waals surface area contributed by atoms with Gasteiger partial charge in [0.1, 0.15) is 17.0 Å². The Bertz CT molecular complexity index is 1740. The fourth-order valence-electron chi connectivity index (χ4n) is 8.21. The number of hydrogen-bond donors (Lipinski definition) is 1. The third-order valence-electron chi connectivity index (χ3n) is 9.69. The van der Waals surface area contributed by atoms with Gasteiger partial charge in [0.05, 0.1) is 24.6 Å². The SMILES string of the molecule is COc1ccccc1/C=C1\CN(C)C[C@@]2(C1=O)[C@@H](c1ccccc1OC)[C@@H]1CSCN1[C@@]21C(=O)Nc2ccc([N+](=O)[O-])cc21. The molecule has 4 aliphatic heterocycles. The van der Waals surface area contributed by atoms with Crippen LogP contribution in [-0.2, 0) is 15.1 Å². The summed E-state index contributed by atoms with van der Waals surface area (Å²) in [5, 5.41) is 15.1. The number of ketones is 1. The molecule has 44 heavy (non-hydrogen) atoms. The number of benzene rings is 3. The number of thioether (sulfide) groups is 1. The minimum absolute atomic E-state index is 0.125. The van der Waals surface area contributed by atoms with E-state index in [2.05, 4.69) is 15.1 Å². The van der Waals surface area contributed by atoms with Gasteiger partial charge in [-0.1, -0.05) is 36.4 Å². The van der Waals surface area contributed by atoms with Crippen molar-refractivity contribution in [3.63, 3.8) is 0 Å². The number of likely N-dealkylation sites (N-methyl/N-ethyl adjacent to an activating group) is 1. The molecule has 1 amide bonds. The zero-order valence-electron chi connectivity index (χ0n) is 24.6. The number of anilines is 1. The quantitative estimate of drug-likeness (QED) is 0.252. The van der Waals surface area contributed by atoms with E-state index < -0.39 is 21.8 Å². The smallest absolute Gasteiger partial charge is 0.269 e. The number of nitro benzene ring substituents is 1. The summed E-state index contributed by atoms with van der Waals surface area (Å²) >= 11 is 1.70. The van der Waals surface area contributed by atoms with Gasteiger partial charge in [-0.05, 0) is 36.9 Å². The number of nitrogens with zero attached hydrogens (tertiary/aromatic N) is 3. The molecule has 10 nitrogen and oxygen atoms in total. The standard InChI is InChI=1S/C33H32N4O6S/c1-35-16-21(14-20-8-4-6-10-27(20)42-2)30(38)32(18-35)29(23-9-5-7-11-28(23)43-3)26-17-44-19-36(26)33(32)24-15-22(37(40)41)12-13-25(24)34-31(33)39/h4-15,26,29H,16-19H2,1-3H3,(H,34,39)/b21-14+/t26-,29-,32-,33-/m0/s1. The second-order valence-corrected chi connectivity index (χ2v) is 12.8. The summed E-state index contributed by atoms with van der Waals surface area (Å²) in [5.41, 5.74) is 0.139. The summed E-state index contributed by atoms with van der Waals surface area (Å²) in [6, 6.07) is 19.5. The van der Waals surface area contributed by atoms with Crippen molar-refractivity contribution in [2.45, 2.75) is 17.5 Å². The van der Waals surface area contributed by atoms with E-state index in [0.717, 1.165) is 11.1 Å². The van der Waals surface area contributed by atoms with Crippen molar-refractivity contribution in [3.8, 4) is 11.5 Å². The number of fused-ring (bicyclic) bond motifs is 5. The van der Waals surface area contributed by atoms with E-state index in [9.17, 15) is 14.9 Å². The second-order valence-electron chi connectivity index (χ2n) is 11.8. The van der Waals surface area contributed by atoms with Crippen LogP contribution in [-0.4, -0.2) is 78.4 Å². The molecule has 0 aliphatic carbocycles. The number of nitro groups is 1. The third-order valence-corrected chi connectivity index (χ3v) is 10.7. The number of methoxy groups -OCH3 is 2. The number of para-hydroxylation sites is 2. The van der Waals surface area contributed by atoms with E-state index in [1.807, 2.05) is 61.7 Å². The molecule has 0 unspecified atom stereocenters. The molecule has 0 aromatic heterocycles. The number of amides is 1. The zero-order valence-corrected chi connectivity index (χ0v) is 25.4. The molecule has 4 atom stereocenters. The summed E-state index contributed by atoms with van der Waals surface area (Å²) in [7, 11) is 5.16. The van der Waals surface area contributed by atoms with Crippen LogP contribution in [0.25, 0.3) is 6.08 Å². The summed E-state index contributed by atoms with van der Waals surface area (Å²) in [6.45, 7) is 0.640. The number of piperidine rings is 1. The van der Waals surface area contributed by atoms with Crippen molar-refractivity contribution in [2.75, 3.05) is 51.3 Å². The number of carbonyl (C=O) groups is 2. The minimum Gasteiger partial charge on any atom is -0.496 e. The minimum atomic E-state index is -1.50. The molecule has 1 N–H and O–H groups in total. The molecule has 0 radical (unpaired) electrons. The number of non-ortho nitro benzene ring substituents is 1. The number of rotatable bonds is 5. The average molecular weight is 613 g/mol. The lowest BCUT2D eigenvalue weighted by atomic mass is 9.55. The van der Waals surface area contributed by atoms with E-state index in [-0.39, 0.29) is 30.0 Å². The Kier molecular flexibility index (Phi) is 6.80. The van der Waals surface area contributed by atoms with E-state index >= 15 is 4.79 Å². The highest BCUT2D eigenvalue weighted by molar-refractivity contribution is 7.99. The Morgan fingerprint density at radius 1 is 1.05 bits per heavy atom. The Morgan fingerprint density at radius 3 is 2.52 bits per heavy atom. The molecule has 0 saturated carbocycles. The van der Waals surface area contributed by atoms with Gasteiger partial charge in [0, 0.05) is 71.2 Å². The van der Waals surface area contributed by atoms with Gasteiger partial charge in [0.2, 0.25) is 0 Å². The predicted molar refractivity (Wildman–Crippen MR) is 168 cm³/mol. The van der Waals surface area contributed by atoms with E-state index in [1.54, 1.807) is 32.0 Å². The maximum absolute atomic E-state index is 15.5. The topological polar surface area (TPSA) is 114 Å². The molecule has 3 fully saturated rings. The highest BCUT2D eigenvalue weighted by Crippen LogP contribution is 2.69. The third kappa shape index (κ3) is 3.75. The largest absolute Gasteiger partial charge is 0.496 e. The normalized spacial score (nSPS) is 28.8. The fourth-order valence-corrected chi connectivity index (χ4v) is 9.51. The van der Waals surface area contributed by atoms with Crippen LogP contribution >= 0.6 is 11.8 Å². The first kappa shape index (κ1) is 28.6. The van der Waals surface area contributed by atoms with Gasteiger partial charge in [0.25, 0.3) is 11.6 Å². The van der Waals surface area contributed by atoms with Gasteiger partial charge < -0.3 is 19.7 Å². The summed E-state index contributed by atoms with van der Waals surface area (Å²) < 4.78 is 11.5. The molecule has 4 aliphatic rings. The summed E-state index contributed by atoms with van der Waals surface area (Å²) in [6.07, 6.45) is 1.87. The van der Waals surface area contributed by atoms with Crippen molar-refractivity contribution in [1.29, 1.82) is 0 Å². The molecule has 11 heteroatoms. The molecular weight excluding hydrogens is 580 g/mol. The van der Waals surface area contributed by atoms with E-state index in [4.69, 9.17) is 9.47 Å². The van der Waals surface area contributed by atoms with Gasteiger partial charge in [-0.2, -0.15) is 0 Å². The fraction of sp³-hybridized carbons (Fsp3) is 0.333. The number of likely N-dealkylation sites (tertiary alicyclic amines) is 1. The Morgan fingerprint density at radius 2 is 1.77 bits per heavy atom. The highest BCUT2D eigenvalue weighted by atomic mass is 32.2. The van der Waals surface area contributed by atoms with Gasteiger partial charge >= 0.3 is 0 Å². The van der Waals surface area contributed by atoms with Gasteiger partial charge in [0.15, 0.2) is 5.78 Å². The van der Waals surface area contributed by atoms with Crippen molar-refractivity contribution < 1.29 is 24.0 Å². The van der Waals surface area contributed by atoms with Crippen molar-refractivity contribution in [1.82, 2.24) is 9.80 Å². The Labute approximate surface area is 259 Å². The first-order valence-corrected chi connectivity index (χ1v) is 15.6. The second kappa shape index (κ2) is 10.5. The molecule has 226 valence electrons.